The largest absolute Gasteiger partial charge is 0.399 e. The summed E-state index contributed by atoms with van der Waals surface area (Å²) < 4.78 is 23.0. The highest BCUT2D eigenvalue weighted by molar-refractivity contribution is 7.89. The number of carbonyl (C=O) groups is 1. The van der Waals surface area contributed by atoms with E-state index in [4.69, 9.17) is 10.9 Å². The van der Waals surface area contributed by atoms with Crippen molar-refractivity contribution >= 4 is 27.3 Å². The van der Waals surface area contributed by atoms with Gasteiger partial charge in [0.15, 0.2) is 0 Å². The number of anilines is 2. The molecule has 1 atom stereocenters. The minimum absolute atomic E-state index is 0.106. The molecule has 1 aliphatic rings. The molecule has 0 aromatic heterocycles. The fourth-order valence-electron chi connectivity index (χ4n) is 1.99. The predicted octanol–water partition coefficient (Wildman–Crippen LogP) is -0.393. The van der Waals surface area contributed by atoms with Gasteiger partial charge in [0.25, 0.3) is 0 Å². The Morgan fingerprint density at radius 3 is 2.74 bits per heavy atom. The van der Waals surface area contributed by atoms with Crippen molar-refractivity contribution in [3.8, 4) is 0 Å². The van der Waals surface area contributed by atoms with E-state index in [0.717, 1.165) is 6.42 Å². The van der Waals surface area contributed by atoms with E-state index in [9.17, 15) is 13.2 Å². The highest BCUT2D eigenvalue weighted by Gasteiger charge is 2.24. The van der Waals surface area contributed by atoms with Gasteiger partial charge in [0.1, 0.15) is 10.9 Å². The van der Waals surface area contributed by atoms with Crippen LogP contribution < -0.4 is 21.5 Å². The standard InChI is InChI=1S/C11H16N4O3S/c12-7-3-4-8(10(6-7)19(13,17)18)15-9-2-1-5-14-11(9)16/h3-4,6,9,15H,1-2,5,12H2,(H,14,16)(H2,13,17,18). The Bertz CT molecular complexity index is 600. The molecule has 1 heterocycles. The molecule has 7 nitrogen and oxygen atoms in total. The molecular formula is C11H16N4O3S. The van der Waals surface area contributed by atoms with E-state index >= 15 is 0 Å². The topological polar surface area (TPSA) is 127 Å². The highest BCUT2D eigenvalue weighted by atomic mass is 32.2. The van der Waals surface area contributed by atoms with Crippen molar-refractivity contribution in [1.82, 2.24) is 5.32 Å². The van der Waals surface area contributed by atoms with Crippen molar-refractivity contribution in [2.75, 3.05) is 17.6 Å². The SMILES string of the molecule is Nc1ccc(NC2CCCNC2=O)c(S(N)(=O)=O)c1. The quantitative estimate of drug-likeness (QED) is 0.562. The zero-order valence-electron chi connectivity index (χ0n) is 10.2. The van der Waals surface area contributed by atoms with E-state index in [1.54, 1.807) is 6.07 Å². The van der Waals surface area contributed by atoms with Gasteiger partial charge in [-0.05, 0) is 31.0 Å². The Labute approximate surface area is 111 Å². The van der Waals surface area contributed by atoms with Crippen molar-refractivity contribution < 1.29 is 13.2 Å². The van der Waals surface area contributed by atoms with Gasteiger partial charge in [-0.3, -0.25) is 4.79 Å². The summed E-state index contributed by atoms with van der Waals surface area (Å²) in [5, 5.41) is 10.8. The van der Waals surface area contributed by atoms with E-state index in [2.05, 4.69) is 10.6 Å². The number of benzene rings is 1. The zero-order chi connectivity index (χ0) is 14.0. The molecule has 104 valence electrons. The second kappa shape index (κ2) is 5.06. The molecule has 1 saturated heterocycles. The molecule has 0 aliphatic carbocycles. The van der Waals surface area contributed by atoms with Gasteiger partial charge < -0.3 is 16.4 Å². The summed E-state index contributed by atoms with van der Waals surface area (Å²) in [5.41, 5.74) is 6.14. The van der Waals surface area contributed by atoms with Gasteiger partial charge in [-0.25, -0.2) is 13.6 Å². The first-order chi connectivity index (χ1) is 8.88. The summed E-state index contributed by atoms with van der Waals surface area (Å²) >= 11 is 0. The average molecular weight is 284 g/mol. The van der Waals surface area contributed by atoms with Crippen LogP contribution in [0.2, 0.25) is 0 Å². The number of primary sulfonamides is 1. The minimum Gasteiger partial charge on any atom is -0.399 e. The normalized spacial score (nSPS) is 19.8. The third kappa shape index (κ3) is 3.15. The molecule has 0 spiro atoms. The molecule has 6 N–H and O–H groups in total. The summed E-state index contributed by atoms with van der Waals surface area (Å²) in [5.74, 6) is -0.150. The van der Waals surface area contributed by atoms with Crippen LogP contribution >= 0.6 is 0 Å². The van der Waals surface area contributed by atoms with Gasteiger partial charge >= 0.3 is 0 Å². The molecule has 19 heavy (non-hydrogen) atoms. The van der Waals surface area contributed by atoms with E-state index in [-0.39, 0.29) is 10.8 Å². The summed E-state index contributed by atoms with van der Waals surface area (Å²) in [6.07, 6.45) is 1.48. The Kier molecular flexibility index (Phi) is 3.63. The van der Waals surface area contributed by atoms with Gasteiger partial charge in [0, 0.05) is 12.2 Å². The predicted molar refractivity (Wildman–Crippen MR) is 71.9 cm³/mol. The molecule has 0 radical (unpaired) electrons. The first kappa shape index (κ1) is 13.6. The first-order valence-electron chi connectivity index (χ1n) is 5.84. The molecule has 1 aliphatic heterocycles. The van der Waals surface area contributed by atoms with Crippen LogP contribution in [0.4, 0.5) is 11.4 Å². The van der Waals surface area contributed by atoms with E-state index in [1.807, 2.05) is 0 Å². The van der Waals surface area contributed by atoms with Gasteiger partial charge in [-0.15, -0.1) is 0 Å². The Morgan fingerprint density at radius 2 is 2.11 bits per heavy atom. The second-order valence-corrected chi connectivity index (χ2v) is 5.96. The zero-order valence-corrected chi connectivity index (χ0v) is 11.0. The molecule has 1 aromatic rings. The highest BCUT2D eigenvalue weighted by Crippen LogP contribution is 2.24. The molecule has 2 rings (SSSR count). The number of rotatable bonds is 3. The maximum absolute atomic E-state index is 11.6. The lowest BCUT2D eigenvalue weighted by Crippen LogP contribution is -2.44. The van der Waals surface area contributed by atoms with Gasteiger partial charge in [-0.2, -0.15) is 0 Å². The number of nitrogens with one attached hydrogen (secondary N) is 2. The maximum Gasteiger partial charge on any atom is 0.242 e. The molecular weight excluding hydrogens is 268 g/mol. The molecule has 0 bridgehead atoms. The van der Waals surface area contributed by atoms with E-state index in [1.165, 1.54) is 12.1 Å². The van der Waals surface area contributed by atoms with Gasteiger partial charge in [-0.1, -0.05) is 0 Å². The van der Waals surface area contributed by atoms with Gasteiger partial charge in [0.2, 0.25) is 15.9 Å². The average Bonchev–Trinajstić information content (AvgIpc) is 2.33. The van der Waals surface area contributed by atoms with Crippen molar-refractivity contribution in [1.29, 1.82) is 0 Å². The number of hydrogen-bond acceptors (Lipinski definition) is 5. The number of amides is 1. The lowest BCUT2D eigenvalue weighted by molar-refractivity contribution is -0.123. The number of hydrogen-bond donors (Lipinski definition) is 4. The van der Waals surface area contributed by atoms with Crippen molar-refractivity contribution in [3.05, 3.63) is 18.2 Å². The Hall–Kier alpha value is -1.80. The number of nitrogens with two attached hydrogens (primary N) is 2. The van der Waals surface area contributed by atoms with Crippen LogP contribution in [0.3, 0.4) is 0 Å². The molecule has 8 heteroatoms. The smallest absolute Gasteiger partial charge is 0.242 e. The van der Waals surface area contributed by atoms with Crippen molar-refractivity contribution in [2.45, 2.75) is 23.8 Å². The van der Waals surface area contributed by atoms with Crippen LogP contribution in [0.5, 0.6) is 0 Å². The maximum atomic E-state index is 11.6. The minimum atomic E-state index is -3.90. The fraction of sp³-hybridized carbons (Fsp3) is 0.364. The van der Waals surface area contributed by atoms with Crippen LogP contribution in [0.1, 0.15) is 12.8 Å². The van der Waals surface area contributed by atoms with Crippen LogP contribution in [0.15, 0.2) is 23.1 Å². The summed E-state index contributed by atoms with van der Waals surface area (Å²) in [7, 11) is -3.90. The van der Waals surface area contributed by atoms with Crippen LogP contribution in [-0.2, 0) is 14.8 Å². The van der Waals surface area contributed by atoms with Crippen molar-refractivity contribution in [3.63, 3.8) is 0 Å². The summed E-state index contributed by atoms with van der Waals surface area (Å²) in [6.45, 7) is 0.640. The third-order valence-corrected chi connectivity index (χ3v) is 3.88. The fourth-order valence-corrected chi connectivity index (χ4v) is 2.72. The molecule has 1 aromatic carbocycles. The summed E-state index contributed by atoms with van der Waals surface area (Å²) in [4.78, 5) is 11.5. The third-order valence-electron chi connectivity index (χ3n) is 2.93. The summed E-state index contributed by atoms with van der Waals surface area (Å²) in [6, 6.07) is 3.88. The number of sulfonamides is 1. The Balaban J connectivity index is 2.32. The molecule has 0 saturated carbocycles. The van der Waals surface area contributed by atoms with E-state index < -0.39 is 16.1 Å². The monoisotopic (exact) mass is 284 g/mol. The lowest BCUT2D eigenvalue weighted by Gasteiger charge is -2.24. The molecule has 1 amide bonds. The number of carbonyl (C=O) groups excluding carboxylic acids is 1. The van der Waals surface area contributed by atoms with E-state index in [0.29, 0.717) is 24.3 Å². The van der Waals surface area contributed by atoms with Crippen LogP contribution in [-0.4, -0.2) is 26.9 Å². The molecule has 1 fully saturated rings. The lowest BCUT2D eigenvalue weighted by atomic mass is 10.1. The van der Waals surface area contributed by atoms with Crippen LogP contribution in [0, 0.1) is 0 Å². The van der Waals surface area contributed by atoms with Gasteiger partial charge in [0.05, 0.1) is 5.69 Å². The molecule has 1 unspecified atom stereocenters. The second-order valence-electron chi connectivity index (χ2n) is 4.43. The van der Waals surface area contributed by atoms with Crippen molar-refractivity contribution in [2.24, 2.45) is 5.14 Å². The first-order valence-corrected chi connectivity index (χ1v) is 7.39. The Morgan fingerprint density at radius 1 is 1.37 bits per heavy atom. The number of piperidine rings is 1. The number of nitrogen functional groups attached to an aromatic ring is 1. The van der Waals surface area contributed by atoms with Crippen LogP contribution in [0.25, 0.3) is 0 Å².